The number of anilines is 3. The Kier molecular flexibility index (Phi) is 8.26. The van der Waals surface area contributed by atoms with Gasteiger partial charge in [-0.1, -0.05) is 218 Å². The number of hydrogen-bond donors (Lipinski definition) is 0. The highest BCUT2D eigenvalue weighted by molar-refractivity contribution is 6.04. The van der Waals surface area contributed by atoms with Gasteiger partial charge in [-0.05, 0) is 154 Å². The van der Waals surface area contributed by atoms with Gasteiger partial charge in [-0.3, -0.25) is 0 Å². The Labute approximate surface area is 403 Å². The highest BCUT2D eigenvalue weighted by Crippen LogP contribution is 2.42. The molecule has 0 amide bonds. The van der Waals surface area contributed by atoms with Gasteiger partial charge in [-0.2, -0.15) is 0 Å². The van der Waals surface area contributed by atoms with Crippen molar-refractivity contribution in [3.63, 3.8) is 0 Å². The van der Waals surface area contributed by atoms with Crippen molar-refractivity contribution in [1.82, 2.24) is 0 Å². The molecule has 0 atom stereocenters. The van der Waals surface area contributed by atoms with E-state index >= 15 is 0 Å². The van der Waals surface area contributed by atoms with Gasteiger partial charge in [-0.15, -0.1) is 0 Å². The summed E-state index contributed by atoms with van der Waals surface area (Å²) in [4.78, 5) is 1.37. The quantitative estimate of drug-likeness (QED) is 0.140. The maximum absolute atomic E-state index is 9.83. The molecule has 0 aliphatic rings. The summed E-state index contributed by atoms with van der Waals surface area (Å²) in [6.45, 7) is 0. The standard InChI is InChI=1S/C66H45N/c1-2-14-54(15-3-1)66-64-20-9-8-13-52(64)35-42-65(66)53-33-40-63(41-34-53)67(61-36-29-49(30-37-61)48-21-23-50(24-22-48)59-27-25-46-11-4-6-16-55(46)44-59)62-38-31-51(32-39-62)57-18-10-19-58(43-57)60-28-26-47-12-5-7-17-56(47)45-60/h1-45H/i29D,30D,33D,34D,36D,37D,40D,41D. The molecule has 12 aromatic rings. The number of benzene rings is 12. The van der Waals surface area contributed by atoms with E-state index in [4.69, 9.17) is 0 Å². The van der Waals surface area contributed by atoms with Gasteiger partial charge in [-0.25, -0.2) is 0 Å². The van der Waals surface area contributed by atoms with E-state index in [1.54, 1.807) is 24.3 Å². The smallest absolute Gasteiger partial charge is 0.0645 e. The Morgan fingerprint density at radius 3 is 1.27 bits per heavy atom. The molecule has 314 valence electrons. The van der Waals surface area contributed by atoms with Crippen LogP contribution in [0.3, 0.4) is 0 Å². The first-order valence-corrected chi connectivity index (χ1v) is 22.4. The Bertz CT molecular complexity index is 4150. The predicted molar refractivity (Wildman–Crippen MR) is 286 cm³/mol. The first-order valence-electron chi connectivity index (χ1n) is 26.4. The average Bonchev–Trinajstić information content (AvgIpc) is 3.46. The van der Waals surface area contributed by atoms with Gasteiger partial charge in [0.15, 0.2) is 0 Å². The first-order chi connectivity index (χ1) is 36.5. The summed E-state index contributed by atoms with van der Waals surface area (Å²) in [5, 5.41) is 6.36. The molecule has 0 heterocycles. The van der Waals surface area contributed by atoms with E-state index < -0.39 is 24.2 Å². The third-order valence-electron chi connectivity index (χ3n) is 12.6. The van der Waals surface area contributed by atoms with Crippen LogP contribution in [-0.2, 0) is 0 Å². The van der Waals surface area contributed by atoms with Crippen LogP contribution >= 0.6 is 0 Å². The Morgan fingerprint density at radius 1 is 0.239 bits per heavy atom. The lowest BCUT2D eigenvalue weighted by Gasteiger charge is -2.26. The predicted octanol–water partition coefficient (Wildman–Crippen LogP) is 18.6. The minimum atomic E-state index is -0.407. The molecule has 0 fully saturated rings. The summed E-state index contributed by atoms with van der Waals surface area (Å²) in [7, 11) is 0. The van der Waals surface area contributed by atoms with Gasteiger partial charge in [0, 0.05) is 17.1 Å². The Balaban J connectivity index is 1.01. The maximum atomic E-state index is 9.83. The minimum absolute atomic E-state index is 0.0973. The Morgan fingerprint density at radius 2 is 0.657 bits per heavy atom. The van der Waals surface area contributed by atoms with Gasteiger partial charge in [0.05, 0.1) is 11.0 Å². The molecular formula is C66H45N. The van der Waals surface area contributed by atoms with Crippen molar-refractivity contribution in [2.75, 3.05) is 4.90 Å². The fourth-order valence-electron chi connectivity index (χ4n) is 9.13. The topological polar surface area (TPSA) is 3.24 Å². The molecule has 12 rings (SSSR count). The SMILES string of the molecule is [2H]c1c([2H])c(N(c2ccc(-c3cccc(-c4ccc5ccccc5c4)c3)cc2)c2c([2H])c([2H])c(-c3ccc4ccccc4c3-c3ccccc3)c([2H])c2[2H])c([2H])c([2H])c1-c1ccc(-c2ccc3ccccc3c2)cc1. The van der Waals surface area contributed by atoms with Crippen molar-refractivity contribution in [3.8, 4) is 66.8 Å². The maximum Gasteiger partial charge on any atom is 0.0645 e. The van der Waals surface area contributed by atoms with E-state index in [0.717, 1.165) is 76.8 Å². The second-order valence-electron chi connectivity index (χ2n) is 16.7. The highest BCUT2D eigenvalue weighted by Gasteiger charge is 2.17. The molecule has 0 aromatic heterocycles. The first kappa shape index (κ1) is 32.0. The lowest BCUT2D eigenvalue weighted by atomic mass is 9.90. The van der Waals surface area contributed by atoms with E-state index in [1.807, 2.05) is 127 Å². The molecule has 0 aliphatic carbocycles. The van der Waals surface area contributed by atoms with Crippen molar-refractivity contribution in [3.05, 3.63) is 273 Å². The molecule has 0 bridgehead atoms. The fraction of sp³-hybridized carbons (Fsp3) is 0. The lowest BCUT2D eigenvalue weighted by molar-refractivity contribution is 1.28. The minimum Gasteiger partial charge on any atom is -0.311 e. The van der Waals surface area contributed by atoms with Crippen LogP contribution in [0.1, 0.15) is 11.0 Å². The Hall–Kier alpha value is -8.78. The molecule has 0 saturated carbocycles. The summed E-state index contributed by atoms with van der Waals surface area (Å²) in [6, 6.07) is 70.4. The summed E-state index contributed by atoms with van der Waals surface area (Å²) in [6.07, 6.45) is 0. The zero-order valence-electron chi connectivity index (χ0n) is 44.3. The molecule has 0 aliphatic heterocycles. The zero-order chi connectivity index (χ0) is 51.5. The summed E-state index contributed by atoms with van der Waals surface area (Å²) >= 11 is 0. The van der Waals surface area contributed by atoms with Crippen molar-refractivity contribution in [2.45, 2.75) is 0 Å². The summed E-state index contributed by atoms with van der Waals surface area (Å²) in [5.74, 6) is 0. The zero-order valence-corrected chi connectivity index (χ0v) is 36.3. The number of fused-ring (bicyclic) bond motifs is 3. The van der Waals surface area contributed by atoms with E-state index in [1.165, 1.54) is 4.90 Å². The number of nitrogens with zero attached hydrogens (tertiary/aromatic N) is 1. The van der Waals surface area contributed by atoms with E-state index in [2.05, 4.69) is 72.8 Å². The molecule has 67 heavy (non-hydrogen) atoms. The summed E-state index contributed by atoms with van der Waals surface area (Å²) < 4.78 is 77.7. The van der Waals surface area contributed by atoms with Crippen LogP contribution in [0.15, 0.2) is 273 Å². The third kappa shape index (κ3) is 7.84. The van der Waals surface area contributed by atoms with Crippen LogP contribution in [0.25, 0.3) is 99.1 Å². The monoisotopic (exact) mass is 859 g/mol. The fourth-order valence-corrected chi connectivity index (χ4v) is 9.13. The van der Waals surface area contributed by atoms with Crippen LogP contribution < -0.4 is 4.90 Å². The van der Waals surface area contributed by atoms with E-state index in [-0.39, 0.29) is 46.7 Å². The van der Waals surface area contributed by atoms with Crippen molar-refractivity contribution < 1.29 is 11.0 Å². The van der Waals surface area contributed by atoms with Crippen molar-refractivity contribution in [2.24, 2.45) is 0 Å². The van der Waals surface area contributed by atoms with Gasteiger partial charge in [0.25, 0.3) is 0 Å². The second-order valence-corrected chi connectivity index (χ2v) is 16.7. The van der Waals surface area contributed by atoms with Crippen LogP contribution in [-0.4, -0.2) is 0 Å². The second kappa shape index (κ2) is 17.3. The molecular weight excluding hydrogens is 807 g/mol. The lowest BCUT2D eigenvalue weighted by Crippen LogP contribution is -2.09. The average molecular weight is 860 g/mol. The molecule has 1 heteroatoms. The third-order valence-corrected chi connectivity index (χ3v) is 12.6. The molecule has 0 unspecified atom stereocenters. The normalized spacial score (nSPS) is 13.0. The van der Waals surface area contributed by atoms with Gasteiger partial charge >= 0.3 is 0 Å². The van der Waals surface area contributed by atoms with E-state index in [0.29, 0.717) is 16.8 Å². The van der Waals surface area contributed by atoms with Crippen LogP contribution in [0, 0.1) is 0 Å². The molecule has 0 N–H and O–H groups in total. The van der Waals surface area contributed by atoms with Crippen LogP contribution in [0.2, 0.25) is 0 Å². The van der Waals surface area contributed by atoms with Crippen LogP contribution in [0.4, 0.5) is 17.1 Å². The molecule has 0 radical (unpaired) electrons. The van der Waals surface area contributed by atoms with Gasteiger partial charge in [0.1, 0.15) is 0 Å². The molecule has 12 aromatic carbocycles. The molecule has 0 spiro atoms. The highest BCUT2D eigenvalue weighted by atomic mass is 15.1. The number of rotatable bonds is 9. The van der Waals surface area contributed by atoms with Crippen molar-refractivity contribution in [1.29, 1.82) is 0 Å². The van der Waals surface area contributed by atoms with Gasteiger partial charge in [0.2, 0.25) is 0 Å². The van der Waals surface area contributed by atoms with Gasteiger partial charge < -0.3 is 4.90 Å². The molecule has 1 nitrogen and oxygen atoms in total. The van der Waals surface area contributed by atoms with Crippen LogP contribution in [0.5, 0.6) is 0 Å². The molecule has 0 saturated heterocycles. The van der Waals surface area contributed by atoms with E-state index in [9.17, 15) is 11.0 Å². The largest absolute Gasteiger partial charge is 0.311 e. The van der Waals surface area contributed by atoms with Crippen molar-refractivity contribution >= 4 is 49.4 Å². The number of hydrogen-bond acceptors (Lipinski definition) is 1. The summed E-state index contributed by atoms with van der Waals surface area (Å²) in [5.41, 5.74) is 8.51.